The first-order chi connectivity index (χ1) is 8.54. The van der Waals surface area contributed by atoms with Crippen LogP contribution in [0.4, 0.5) is 11.9 Å². The van der Waals surface area contributed by atoms with E-state index >= 15 is 0 Å². The Balaban J connectivity index is 1.93. The number of nitrogens with one attached hydrogen (secondary N) is 1. The van der Waals surface area contributed by atoms with Gasteiger partial charge in [0.1, 0.15) is 0 Å². The van der Waals surface area contributed by atoms with Crippen molar-refractivity contribution in [3.05, 3.63) is 0 Å². The second-order valence-corrected chi connectivity index (χ2v) is 5.24. The molecule has 0 unspecified atom stereocenters. The summed E-state index contributed by atoms with van der Waals surface area (Å²) in [6.07, 6.45) is 2.17. The van der Waals surface area contributed by atoms with Crippen molar-refractivity contribution in [3.8, 4) is 0 Å². The molecule has 0 aromatic carbocycles. The van der Waals surface area contributed by atoms with Crippen molar-refractivity contribution in [2.75, 3.05) is 30.5 Å². The van der Waals surface area contributed by atoms with Crippen LogP contribution in [0.2, 0.25) is 0 Å². The second-order valence-electron chi connectivity index (χ2n) is 4.30. The number of nitrogens with zero attached hydrogens (tertiary/aromatic N) is 4. The van der Waals surface area contributed by atoms with Crippen molar-refractivity contribution in [3.63, 3.8) is 0 Å². The third-order valence-corrected chi connectivity index (χ3v) is 3.14. The van der Waals surface area contributed by atoms with Gasteiger partial charge in [0.2, 0.25) is 17.8 Å². The van der Waals surface area contributed by atoms with Gasteiger partial charge in [0.05, 0.1) is 5.75 Å². The van der Waals surface area contributed by atoms with E-state index in [2.05, 4.69) is 20.3 Å². The van der Waals surface area contributed by atoms with Gasteiger partial charge < -0.3 is 16.0 Å². The van der Waals surface area contributed by atoms with Gasteiger partial charge in [-0.15, -0.1) is 0 Å². The van der Waals surface area contributed by atoms with Crippen molar-refractivity contribution in [1.82, 2.24) is 20.3 Å². The van der Waals surface area contributed by atoms with Crippen molar-refractivity contribution in [2.45, 2.75) is 24.0 Å². The Hall–Kier alpha value is -1.57. The third-order valence-electron chi connectivity index (χ3n) is 2.30. The number of nitrogens with two attached hydrogens (primary N) is 1. The van der Waals surface area contributed by atoms with E-state index in [0.29, 0.717) is 22.9 Å². The summed E-state index contributed by atoms with van der Waals surface area (Å²) in [5.41, 5.74) is 5.59. The van der Waals surface area contributed by atoms with E-state index < -0.39 is 0 Å². The lowest BCUT2D eigenvalue weighted by atomic mass is 10.6. The summed E-state index contributed by atoms with van der Waals surface area (Å²) in [5, 5.41) is 3.37. The van der Waals surface area contributed by atoms with E-state index in [1.54, 1.807) is 4.90 Å². The minimum atomic E-state index is 0.00730. The zero-order valence-electron chi connectivity index (χ0n) is 10.4. The summed E-state index contributed by atoms with van der Waals surface area (Å²) in [4.78, 5) is 25.5. The van der Waals surface area contributed by atoms with Crippen LogP contribution in [0.3, 0.4) is 0 Å². The molecule has 1 fully saturated rings. The normalized spacial score (nSPS) is 14.3. The van der Waals surface area contributed by atoms with Crippen LogP contribution >= 0.6 is 11.8 Å². The number of hydrogen-bond donors (Lipinski definition) is 2. The highest BCUT2D eigenvalue weighted by Gasteiger charge is 2.23. The van der Waals surface area contributed by atoms with E-state index in [9.17, 15) is 4.79 Å². The van der Waals surface area contributed by atoms with Crippen LogP contribution in [0, 0.1) is 0 Å². The Labute approximate surface area is 110 Å². The number of nitrogen functional groups attached to an aromatic ring is 1. The molecule has 18 heavy (non-hydrogen) atoms. The predicted octanol–water partition coefficient (Wildman–Crippen LogP) is -0.110. The number of aromatic nitrogens is 3. The molecule has 0 aliphatic heterocycles. The van der Waals surface area contributed by atoms with Gasteiger partial charge in [-0.3, -0.25) is 4.79 Å². The highest BCUT2D eigenvalue weighted by atomic mass is 32.2. The van der Waals surface area contributed by atoms with Crippen LogP contribution in [-0.4, -0.2) is 46.7 Å². The molecular formula is C10H16N6OS. The summed E-state index contributed by atoms with van der Waals surface area (Å²) in [6.45, 7) is 0. The lowest BCUT2D eigenvalue weighted by molar-refractivity contribution is -0.118. The lowest BCUT2D eigenvalue weighted by Crippen LogP contribution is -2.27. The Morgan fingerprint density at radius 3 is 2.78 bits per heavy atom. The maximum Gasteiger partial charge on any atom is 0.230 e. The molecule has 0 atom stereocenters. The van der Waals surface area contributed by atoms with E-state index in [0.717, 1.165) is 12.8 Å². The molecule has 0 radical (unpaired) electrons. The Bertz CT molecular complexity index is 448. The Kier molecular flexibility index (Phi) is 3.85. The SMILES string of the molecule is CN(C)c1nc(N)nc(SCC(=O)NC2CC2)n1. The Morgan fingerprint density at radius 1 is 1.44 bits per heavy atom. The van der Waals surface area contributed by atoms with E-state index in [1.165, 1.54) is 11.8 Å². The molecule has 1 aliphatic carbocycles. The molecule has 3 N–H and O–H groups in total. The van der Waals surface area contributed by atoms with Gasteiger partial charge in [0.25, 0.3) is 0 Å². The first kappa shape index (κ1) is 12.9. The van der Waals surface area contributed by atoms with Gasteiger partial charge in [-0.05, 0) is 12.8 Å². The highest BCUT2D eigenvalue weighted by Crippen LogP contribution is 2.20. The third kappa shape index (κ3) is 3.73. The molecule has 0 bridgehead atoms. The summed E-state index contributed by atoms with van der Waals surface area (Å²) in [6, 6.07) is 0.374. The van der Waals surface area contributed by atoms with Crippen LogP contribution in [0.25, 0.3) is 0 Å². The fourth-order valence-electron chi connectivity index (χ4n) is 1.25. The summed E-state index contributed by atoms with van der Waals surface area (Å²) >= 11 is 1.26. The number of amides is 1. The predicted molar refractivity (Wildman–Crippen MR) is 70.5 cm³/mol. The van der Waals surface area contributed by atoms with Crippen LogP contribution in [0.5, 0.6) is 0 Å². The average molecular weight is 268 g/mol. The maximum absolute atomic E-state index is 11.5. The van der Waals surface area contributed by atoms with Gasteiger partial charge >= 0.3 is 0 Å². The molecular weight excluding hydrogens is 252 g/mol. The van der Waals surface area contributed by atoms with Crippen LogP contribution in [-0.2, 0) is 4.79 Å². The molecule has 1 aromatic rings. The number of thioether (sulfide) groups is 1. The van der Waals surface area contributed by atoms with Crippen molar-refractivity contribution in [2.24, 2.45) is 0 Å². The topological polar surface area (TPSA) is 97.0 Å². The molecule has 0 spiro atoms. The number of hydrogen-bond acceptors (Lipinski definition) is 7. The second kappa shape index (κ2) is 5.38. The molecule has 1 amide bonds. The molecule has 8 heteroatoms. The summed E-state index contributed by atoms with van der Waals surface area (Å²) < 4.78 is 0. The van der Waals surface area contributed by atoms with E-state index in [-0.39, 0.29) is 11.9 Å². The standard InChI is InChI=1S/C10H16N6OS/c1-16(2)9-13-8(11)14-10(15-9)18-5-7(17)12-6-3-4-6/h6H,3-5H2,1-2H3,(H,12,17)(H2,11,13,14,15). The largest absolute Gasteiger partial charge is 0.368 e. The van der Waals surface area contributed by atoms with Crippen molar-refractivity contribution < 1.29 is 4.79 Å². The molecule has 2 rings (SSSR count). The molecule has 1 aromatic heterocycles. The summed E-state index contributed by atoms with van der Waals surface area (Å²) in [7, 11) is 3.64. The molecule has 1 saturated carbocycles. The highest BCUT2D eigenvalue weighted by molar-refractivity contribution is 7.99. The number of carbonyl (C=O) groups excluding carboxylic acids is 1. The first-order valence-electron chi connectivity index (χ1n) is 5.65. The zero-order chi connectivity index (χ0) is 13.1. The Morgan fingerprint density at radius 2 is 2.17 bits per heavy atom. The molecule has 1 heterocycles. The van der Waals surface area contributed by atoms with E-state index in [4.69, 9.17) is 5.73 Å². The smallest absolute Gasteiger partial charge is 0.230 e. The summed E-state index contributed by atoms with van der Waals surface area (Å²) in [5.74, 6) is 0.964. The fraction of sp³-hybridized carbons (Fsp3) is 0.600. The van der Waals surface area contributed by atoms with Crippen molar-refractivity contribution >= 4 is 29.6 Å². The quantitative estimate of drug-likeness (QED) is 0.719. The monoisotopic (exact) mass is 268 g/mol. The van der Waals surface area contributed by atoms with Crippen LogP contribution in [0.15, 0.2) is 5.16 Å². The number of rotatable bonds is 5. The minimum absolute atomic E-state index is 0.00730. The van der Waals surface area contributed by atoms with Gasteiger partial charge in [0.15, 0.2) is 5.16 Å². The molecule has 1 aliphatic rings. The molecule has 0 saturated heterocycles. The number of anilines is 2. The van der Waals surface area contributed by atoms with Gasteiger partial charge in [0, 0.05) is 20.1 Å². The first-order valence-corrected chi connectivity index (χ1v) is 6.64. The molecule has 7 nitrogen and oxygen atoms in total. The average Bonchev–Trinajstić information content (AvgIpc) is 3.09. The van der Waals surface area contributed by atoms with Gasteiger partial charge in [-0.2, -0.15) is 15.0 Å². The number of carbonyl (C=O) groups is 1. The van der Waals surface area contributed by atoms with E-state index in [1.807, 2.05) is 14.1 Å². The minimum Gasteiger partial charge on any atom is -0.368 e. The fourth-order valence-corrected chi connectivity index (χ4v) is 1.90. The van der Waals surface area contributed by atoms with Crippen LogP contribution in [0.1, 0.15) is 12.8 Å². The zero-order valence-corrected chi connectivity index (χ0v) is 11.2. The maximum atomic E-state index is 11.5. The van der Waals surface area contributed by atoms with Crippen LogP contribution < -0.4 is 16.0 Å². The molecule has 98 valence electrons. The van der Waals surface area contributed by atoms with Gasteiger partial charge in [-0.25, -0.2) is 0 Å². The van der Waals surface area contributed by atoms with Gasteiger partial charge in [-0.1, -0.05) is 11.8 Å². The van der Waals surface area contributed by atoms with Crippen molar-refractivity contribution in [1.29, 1.82) is 0 Å². The lowest BCUT2D eigenvalue weighted by Gasteiger charge is -2.10.